The monoisotopic (exact) mass is 289 g/mol. The van der Waals surface area contributed by atoms with Crippen LogP contribution in [0.15, 0.2) is 6.33 Å². The molecule has 0 aliphatic rings. The standard InChI is InChI=1S/C12H11N5O2S/c1-5-8-10(17-7(3)15-6(2)16-17)13-4-14-11(8)20-9(5)12(18)19/h4H,1-3H3,(H,18,19). The quantitative estimate of drug-likeness (QED) is 0.774. The van der Waals surface area contributed by atoms with Crippen molar-refractivity contribution in [1.82, 2.24) is 24.7 Å². The number of carbonyl (C=O) groups is 1. The number of aromatic nitrogens is 5. The molecule has 0 radical (unpaired) electrons. The lowest BCUT2D eigenvalue weighted by atomic mass is 10.2. The van der Waals surface area contributed by atoms with Crippen LogP contribution in [0.2, 0.25) is 0 Å². The third-order valence-electron chi connectivity index (χ3n) is 2.98. The van der Waals surface area contributed by atoms with Crippen LogP contribution >= 0.6 is 11.3 Å². The van der Waals surface area contributed by atoms with Crippen LogP contribution in [0.3, 0.4) is 0 Å². The molecule has 3 rings (SSSR count). The summed E-state index contributed by atoms with van der Waals surface area (Å²) in [7, 11) is 0. The summed E-state index contributed by atoms with van der Waals surface area (Å²) in [4.78, 5) is 24.8. The van der Waals surface area contributed by atoms with E-state index in [1.807, 2.05) is 6.92 Å². The third-order valence-corrected chi connectivity index (χ3v) is 4.16. The largest absolute Gasteiger partial charge is 0.477 e. The van der Waals surface area contributed by atoms with Gasteiger partial charge in [-0.2, -0.15) is 4.68 Å². The second-order valence-corrected chi connectivity index (χ2v) is 5.36. The van der Waals surface area contributed by atoms with Crippen LogP contribution in [0, 0.1) is 20.8 Å². The van der Waals surface area contributed by atoms with E-state index in [9.17, 15) is 9.90 Å². The Labute approximate surface area is 117 Å². The summed E-state index contributed by atoms with van der Waals surface area (Å²) in [5.41, 5.74) is 0.653. The Morgan fingerprint density at radius 1 is 1.30 bits per heavy atom. The molecule has 0 saturated carbocycles. The molecule has 0 spiro atoms. The van der Waals surface area contributed by atoms with Crippen LogP contribution in [0.5, 0.6) is 0 Å². The molecule has 0 aromatic carbocycles. The molecule has 0 fully saturated rings. The fraction of sp³-hybridized carbons (Fsp3) is 0.250. The highest BCUT2D eigenvalue weighted by Gasteiger charge is 2.20. The lowest BCUT2D eigenvalue weighted by Gasteiger charge is -2.04. The van der Waals surface area contributed by atoms with Gasteiger partial charge in [-0.3, -0.25) is 0 Å². The summed E-state index contributed by atoms with van der Waals surface area (Å²) < 4.78 is 1.62. The molecular formula is C12H11N5O2S. The highest BCUT2D eigenvalue weighted by molar-refractivity contribution is 7.20. The van der Waals surface area contributed by atoms with Crippen LogP contribution in [0.1, 0.15) is 26.9 Å². The highest BCUT2D eigenvalue weighted by atomic mass is 32.1. The van der Waals surface area contributed by atoms with E-state index in [4.69, 9.17) is 0 Å². The first-order valence-electron chi connectivity index (χ1n) is 5.87. The summed E-state index contributed by atoms with van der Waals surface area (Å²) in [6, 6.07) is 0. The van der Waals surface area contributed by atoms with Crippen LogP contribution in [0.4, 0.5) is 0 Å². The van der Waals surface area contributed by atoms with Crippen LogP contribution in [0.25, 0.3) is 16.0 Å². The van der Waals surface area contributed by atoms with Gasteiger partial charge in [0, 0.05) is 0 Å². The number of carboxylic acids is 1. The van der Waals surface area contributed by atoms with E-state index in [0.717, 1.165) is 11.3 Å². The van der Waals surface area contributed by atoms with Gasteiger partial charge >= 0.3 is 5.97 Å². The van der Waals surface area contributed by atoms with Gasteiger partial charge in [-0.05, 0) is 26.3 Å². The lowest BCUT2D eigenvalue weighted by molar-refractivity contribution is 0.0701. The van der Waals surface area contributed by atoms with Gasteiger partial charge in [0.25, 0.3) is 0 Å². The molecule has 7 nitrogen and oxygen atoms in total. The number of hydrogen-bond acceptors (Lipinski definition) is 6. The molecule has 102 valence electrons. The van der Waals surface area contributed by atoms with Gasteiger partial charge in [0.15, 0.2) is 5.82 Å². The zero-order valence-electron chi connectivity index (χ0n) is 11.1. The average Bonchev–Trinajstić information content (AvgIpc) is 2.90. The smallest absolute Gasteiger partial charge is 0.346 e. The fourth-order valence-electron chi connectivity index (χ4n) is 2.14. The van der Waals surface area contributed by atoms with E-state index in [2.05, 4.69) is 20.1 Å². The topological polar surface area (TPSA) is 93.8 Å². The van der Waals surface area contributed by atoms with Gasteiger partial charge in [-0.15, -0.1) is 16.4 Å². The number of rotatable bonds is 2. The van der Waals surface area contributed by atoms with Crippen molar-refractivity contribution < 1.29 is 9.90 Å². The molecule has 0 aliphatic carbocycles. The van der Waals surface area contributed by atoms with Crippen molar-refractivity contribution in [1.29, 1.82) is 0 Å². The summed E-state index contributed by atoms with van der Waals surface area (Å²) in [5.74, 6) is 0.947. The number of aromatic carboxylic acids is 1. The molecule has 0 unspecified atom stereocenters. The Morgan fingerprint density at radius 2 is 2.05 bits per heavy atom. The summed E-state index contributed by atoms with van der Waals surface area (Å²) in [6.45, 7) is 5.38. The van der Waals surface area contributed by atoms with Gasteiger partial charge in [0.05, 0.1) is 5.39 Å². The Kier molecular flexibility index (Phi) is 2.75. The molecule has 0 bridgehead atoms. The first kappa shape index (κ1) is 12.7. The zero-order valence-corrected chi connectivity index (χ0v) is 11.9. The maximum absolute atomic E-state index is 11.2. The van der Waals surface area contributed by atoms with E-state index >= 15 is 0 Å². The molecule has 3 aromatic heterocycles. The molecule has 3 aromatic rings. The first-order chi connectivity index (χ1) is 9.49. The van der Waals surface area contributed by atoms with Crippen molar-refractivity contribution in [2.45, 2.75) is 20.8 Å². The van der Waals surface area contributed by atoms with E-state index in [1.165, 1.54) is 6.33 Å². The zero-order chi connectivity index (χ0) is 14.4. The molecule has 20 heavy (non-hydrogen) atoms. The molecule has 1 N–H and O–H groups in total. The number of carboxylic acid groups (broad SMARTS) is 1. The van der Waals surface area contributed by atoms with Crippen LogP contribution in [-0.2, 0) is 0 Å². The van der Waals surface area contributed by atoms with Gasteiger partial charge in [0.1, 0.15) is 27.7 Å². The number of nitrogens with zero attached hydrogens (tertiary/aromatic N) is 5. The van der Waals surface area contributed by atoms with Crippen molar-refractivity contribution in [3.05, 3.63) is 28.4 Å². The fourth-order valence-corrected chi connectivity index (χ4v) is 3.12. The highest BCUT2D eigenvalue weighted by Crippen LogP contribution is 2.32. The van der Waals surface area contributed by atoms with Crippen molar-refractivity contribution in [3.63, 3.8) is 0 Å². The minimum atomic E-state index is -0.956. The maximum atomic E-state index is 11.2. The number of fused-ring (bicyclic) bond motifs is 1. The van der Waals surface area contributed by atoms with Crippen molar-refractivity contribution in [2.24, 2.45) is 0 Å². The second kappa shape index (κ2) is 4.34. The van der Waals surface area contributed by atoms with E-state index in [-0.39, 0.29) is 4.88 Å². The number of thiophene rings is 1. The van der Waals surface area contributed by atoms with Gasteiger partial charge in [-0.1, -0.05) is 0 Å². The first-order valence-corrected chi connectivity index (χ1v) is 6.68. The lowest BCUT2D eigenvalue weighted by Crippen LogP contribution is -2.04. The van der Waals surface area contributed by atoms with Crippen molar-refractivity contribution in [2.75, 3.05) is 0 Å². The number of aryl methyl sites for hydroxylation is 3. The van der Waals surface area contributed by atoms with Crippen molar-refractivity contribution >= 4 is 27.5 Å². The summed E-state index contributed by atoms with van der Waals surface area (Å²) >= 11 is 1.14. The summed E-state index contributed by atoms with van der Waals surface area (Å²) in [6.07, 6.45) is 1.41. The Bertz CT molecular complexity index is 836. The molecule has 0 saturated heterocycles. The van der Waals surface area contributed by atoms with Crippen LogP contribution < -0.4 is 0 Å². The van der Waals surface area contributed by atoms with Crippen molar-refractivity contribution in [3.8, 4) is 5.82 Å². The normalized spacial score (nSPS) is 11.2. The van der Waals surface area contributed by atoms with Gasteiger partial charge in [0.2, 0.25) is 0 Å². The Morgan fingerprint density at radius 3 is 2.65 bits per heavy atom. The molecule has 3 heterocycles. The van der Waals surface area contributed by atoms with Crippen LogP contribution in [-0.4, -0.2) is 35.8 Å². The third kappa shape index (κ3) is 1.76. The molecular weight excluding hydrogens is 278 g/mol. The van der Waals surface area contributed by atoms with E-state index in [1.54, 1.807) is 18.5 Å². The Hall–Kier alpha value is -2.35. The Balaban J connectivity index is 2.37. The predicted octanol–water partition coefficient (Wildman–Crippen LogP) is 1.90. The van der Waals surface area contributed by atoms with E-state index < -0.39 is 5.97 Å². The second-order valence-electron chi connectivity index (χ2n) is 4.36. The minimum absolute atomic E-state index is 0.274. The van der Waals surface area contributed by atoms with Gasteiger partial charge in [-0.25, -0.2) is 19.7 Å². The van der Waals surface area contributed by atoms with E-state index in [0.29, 0.717) is 33.2 Å². The molecule has 8 heteroatoms. The molecule has 0 aliphatic heterocycles. The number of hydrogen-bond donors (Lipinski definition) is 1. The van der Waals surface area contributed by atoms with Gasteiger partial charge < -0.3 is 5.11 Å². The maximum Gasteiger partial charge on any atom is 0.346 e. The molecule has 0 atom stereocenters. The average molecular weight is 289 g/mol. The molecule has 0 amide bonds. The SMILES string of the molecule is Cc1nc(C)n(-c2ncnc3sc(C(=O)O)c(C)c23)n1. The minimum Gasteiger partial charge on any atom is -0.477 e. The summed E-state index contributed by atoms with van der Waals surface area (Å²) in [5, 5.41) is 14.2. The predicted molar refractivity (Wildman–Crippen MR) is 73.5 cm³/mol.